The highest BCUT2D eigenvalue weighted by Gasteiger charge is 2.11. The Morgan fingerprint density at radius 3 is 2.25 bits per heavy atom. The number of hydrogen-bond donors (Lipinski definition) is 1. The lowest BCUT2D eigenvalue weighted by Crippen LogP contribution is -2.30. The van der Waals surface area contributed by atoms with Gasteiger partial charge >= 0.3 is 0 Å². The molecule has 0 fully saturated rings. The highest BCUT2D eigenvalue weighted by atomic mass is 14.9. The van der Waals surface area contributed by atoms with Gasteiger partial charge in [-0.05, 0) is 44.2 Å². The van der Waals surface area contributed by atoms with Crippen LogP contribution in [0, 0.1) is 12.8 Å². The summed E-state index contributed by atoms with van der Waals surface area (Å²) in [5, 5.41) is 3.67. The first-order valence-electron chi connectivity index (χ1n) is 6.32. The van der Waals surface area contributed by atoms with Crippen molar-refractivity contribution in [3.8, 4) is 0 Å². The van der Waals surface area contributed by atoms with Gasteiger partial charge in [0.25, 0.3) is 0 Å². The number of benzene rings is 1. The molecule has 1 aromatic rings. The van der Waals surface area contributed by atoms with E-state index in [2.05, 4.69) is 64.2 Å². The fourth-order valence-electron chi connectivity index (χ4n) is 2.36. The number of nitrogens with one attached hydrogen (secondary N) is 1. The minimum absolute atomic E-state index is 0.440. The predicted octanol–water partition coefficient (Wildman–Crippen LogP) is 4.08. The van der Waals surface area contributed by atoms with Crippen LogP contribution in [-0.4, -0.2) is 6.04 Å². The topological polar surface area (TPSA) is 12.0 Å². The van der Waals surface area contributed by atoms with Crippen LogP contribution in [-0.2, 0) is 0 Å². The predicted molar refractivity (Wildman–Crippen MR) is 71.6 cm³/mol. The molecule has 0 aliphatic heterocycles. The summed E-state index contributed by atoms with van der Waals surface area (Å²) in [4.78, 5) is 0. The third kappa shape index (κ3) is 3.97. The van der Waals surface area contributed by atoms with E-state index in [-0.39, 0.29) is 0 Å². The van der Waals surface area contributed by atoms with E-state index in [4.69, 9.17) is 0 Å². The van der Waals surface area contributed by atoms with Crippen LogP contribution in [0.5, 0.6) is 0 Å². The maximum absolute atomic E-state index is 3.67. The van der Waals surface area contributed by atoms with Crippen molar-refractivity contribution in [2.24, 2.45) is 5.92 Å². The van der Waals surface area contributed by atoms with Gasteiger partial charge in [0.15, 0.2) is 0 Å². The quantitative estimate of drug-likeness (QED) is 0.787. The zero-order valence-electron chi connectivity index (χ0n) is 11.2. The van der Waals surface area contributed by atoms with Crippen LogP contribution in [0.25, 0.3) is 0 Å². The molecular formula is C15H25N. The average molecular weight is 219 g/mol. The molecule has 0 aliphatic rings. The van der Waals surface area contributed by atoms with Crippen molar-refractivity contribution in [3.63, 3.8) is 0 Å². The standard InChI is InChI=1S/C15H25N/c1-11(2)10-13(4)16-14(5)15-9-7-6-8-12(15)3/h6-9,11,13-14,16H,10H2,1-5H3/t13?,14-/m1/s1. The lowest BCUT2D eigenvalue weighted by molar-refractivity contribution is 0.406. The van der Waals surface area contributed by atoms with Gasteiger partial charge in [0.1, 0.15) is 0 Å². The van der Waals surface area contributed by atoms with Gasteiger partial charge in [0, 0.05) is 12.1 Å². The second-order valence-corrected chi connectivity index (χ2v) is 5.28. The molecular weight excluding hydrogens is 194 g/mol. The van der Waals surface area contributed by atoms with Crippen LogP contribution in [0.3, 0.4) is 0 Å². The van der Waals surface area contributed by atoms with Crippen LogP contribution < -0.4 is 5.32 Å². The van der Waals surface area contributed by atoms with E-state index in [9.17, 15) is 0 Å². The molecule has 1 unspecified atom stereocenters. The normalized spacial score (nSPS) is 15.1. The van der Waals surface area contributed by atoms with E-state index in [1.807, 2.05) is 0 Å². The van der Waals surface area contributed by atoms with Crippen molar-refractivity contribution < 1.29 is 0 Å². The Hall–Kier alpha value is -0.820. The number of rotatable bonds is 5. The molecule has 90 valence electrons. The Kier molecular flexibility index (Phi) is 5.01. The molecule has 0 aliphatic carbocycles. The Morgan fingerprint density at radius 1 is 1.06 bits per heavy atom. The highest BCUT2D eigenvalue weighted by Crippen LogP contribution is 2.18. The SMILES string of the molecule is Cc1ccccc1[C@@H](C)NC(C)CC(C)C. The summed E-state index contributed by atoms with van der Waals surface area (Å²) >= 11 is 0. The van der Waals surface area contributed by atoms with Gasteiger partial charge < -0.3 is 5.32 Å². The van der Waals surface area contributed by atoms with Crippen molar-refractivity contribution in [1.82, 2.24) is 5.32 Å². The van der Waals surface area contributed by atoms with Gasteiger partial charge in [0.2, 0.25) is 0 Å². The molecule has 2 atom stereocenters. The van der Waals surface area contributed by atoms with Crippen LogP contribution in [0.2, 0.25) is 0 Å². The molecule has 1 heteroatoms. The Labute approximate surface area is 100 Å². The zero-order chi connectivity index (χ0) is 12.1. The van der Waals surface area contributed by atoms with Gasteiger partial charge in [-0.1, -0.05) is 38.1 Å². The van der Waals surface area contributed by atoms with Gasteiger partial charge in [-0.25, -0.2) is 0 Å². The molecule has 0 saturated heterocycles. The first-order chi connectivity index (χ1) is 7.50. The second-order valence-electron chi connectivity index (χ2n) is 5.28. The van der Waals surface area contributed by atoms with Crippen LogP contribution in [0.4, 0.5) is 0 Å². The maximum atomic E-state index is 3.67. The molecule has 0 saturated carbocycles. The summed E-state index contributed by atoms with van der Waals surface area (Å²) in [6.45, 7) is 11.3. The van der Waals surface area contributed by atoms with Crippen molar-refractivity contribution >= 4 is 0 Å². The third-order valence-electron chi connectivity index (χ3n) is 3.01. The van der Waals surface area contributed by atoms with E-state index in [1.165, 1.54) is 17.5 Å². The fraction of sp³-hybridized carbons (Fsp3) is 0.600. The van der Waals surface area contributed by atoms with Crippen molar-refractivity contribution in [2.75, 3.05) is 0 Å². The summed E-state index contributed by atoms with van der Waals surface area (Å²) in [5.41, 5.74) is 2.79. The van der Waals surface area contributed by atoms with Crippen LogP contribution in [0.15, 0.2) is 24.3 Å². The lowest BCUT2D eigenvalue weighted by Gasteiger charge is -2.23. The Bertz CT molecular complexity index is 317. The zero-order valence-corrected chi connectivity index (χ0v) is 11.2. The summed E-state index contributed by atoms with van der Waals surface area (Å²) in [5.74, 6) is 0.756. The first kappa shape index (κ1) is 13.2. The van der Waals surface area contributed by atoms with E-state index in [1.54, 1.807) is 0 Å². The molecule has 0 bridgehead atoms. The minimum atomic E-state index is 0.440. The van der Waals surface area contributed by atoms with Gasteiger partial charge in [0.05, 0.1) is 0 Å². The van der Waals surface area contributed by atoms with Gasteiger partial charge in [-0.2, -0.15) is 0 Å². The molecule has 0 radical (unpaired) electrons. The molecule has 1 nitrogen and oxygen atoms in total. The first-order valence-corrected chi connectivity index (χ1v) is 6.32. The monoisotopic (exact) mass is 219 g/mol. The number of aryl methyl sites for hydroxylation is 1. The molecule has 0 heterocycles. The number of hydrogen-bond acceptors (Lipinski definition) is 1. The van der Waals surface area contributed by atoms with Crippen LogP contribution >= 0.6 is 0 Å². The largest absolute Gasteiger partial charge is 0.308 e. The van der Waals surface area contributed by atoms with Crippen LogP contribution in [0.1, 0.15) is 51.3 Å². The maximum Gasteiger partial charge on any atom is 0.0296 e. The van der Waals surface area contributed by atoms with E-state index in [0.29, 0.717) is 12.1 Å². The minimum Gasteiger partial charge on any atom is -0.308 e. The summed E-state index contributed by atoms with van der Waals surface area (Å²) in [6.07, 6.45) is 1.23. The Balaban J connectivity index is 2.58. The molecule has 1 N–H and O–H groups in total. The lowest BCUT2D eigenvalue weighted by atomic mass is 10.00. The Morgan fingerprint density at radius 2 is 1.69 bits per heavy atom. The van der Waals surface area contributed by atoms with Gasteiger partial charge in [-0.15, -0.1) is 0 Å². The smallest absolute Gasteiger partial charge is 0.0296 e. The van der Waals surface area contributed by atoms with E-state index < -0.39 is 0 Å². The molecule has 16 heavy (non-hydrogen) atoms. The second kappa shape index (κ2) is 6.05. The molecule has 0 aromatic heterocycles. The third-order valence-corrected chi connectivity index (χ3v) is 3.01. The van der Waals surface area contributed by atoms with Crippen molar-refractivity contribution in [1.29, 1.82) is 0 Å². The summed E-state index contributed by atoms with van der Waals surface area (Å²) < 4.78 is 0. The fourth-order valence-corrected chi connectivity index (χ4v) is 2.36. The van der Waals surface area contributed by atoms with Crippen molar-refractivity contribution in [2.45, 2.75) is 53.1 Å². The average Bonchev–Trinajstić information content (AvgIpc) is 2.16. The summed E-state index contributed by atoms with van der Waals surface area (Å²) in [7, 11) is 0. The van der Waals surface area contributed by atoms with Crippen molar-refractivity contribution in [3.05, 3.63) is 35.4 Å². The molecule has 0 spiro atoms. The molecule has 1 rings (SSSR count). The molecule has 0 amide bonds. The highest BCUT2D eigenvalue weighted by molar-refractivity contribution is 5.28. The van der Waals surface area contributed by atoms with Gasteiger partial charge in [-0.3, -0.25) is 0 Å². The molecule has 1 aromatic carbocycles. The summed E-state index contributed by atoms with van der Waals surface area (Å²) in [6, 6.07) is 9.64. The van der Waals surface area contributed by atoms with E-state index >= 15 is 0 Å². The van der Waals surface area contributed by atoms with E-state index in [0.717, 1.165) is 5.92 Å².